The van der Waals surface area contributed by atoms with Gasteiger partial charge in [-0.15, -0.1) is 0 Å². The minimum Gasteiger partial charge on any atom is -0.350 e. The van der Waals surface area contributed by atoms with Gasteiger partial charge in [-0.3, -0.25) is 0 Å². The predicted molar refractivity (Wildman–Crippen MR) is 110 cm³/mol. The van der Waals surface area contributed by atoms with Crippen molar-refractivity contribution >= 4 is 29.9 Å². The Morgan fingerprint density at radius 2 is 2.03 bits per heavy atom. The lowest BCUT2D eigenvalue weighted by Crippen LogP contribution is -2.38. The zero-order valence-corrected chi connectivity index (χ0v) is 17.5. The largest absolute Gasteiger partial charge is 0.421 e. The molecule has 6 nitrogen and oxygen atoms in total. The first kappa shape index (κ1) is 21.6. The summed E-state index contributed by atoms with van der Waals surface area (Å²) >= 11 is 0. The molecule has 1 aromatic heterocycles. The summed E-state index contributed by atoms with van der Waals surface area (Å²) in [6.45, 7) is 6.60. The molecule has 0 spiro atoms. The van der Waals surface area contributed by atoms with Gasteiger partial charge in [-0.25, -0.2) is 4.98 Å². The molecular weight excluding hydrogens is 402 g/mol. The third-order valence-corrected chi connectivity index (χ3v) is 6.26. The van der Waals surface area contributed by atoms with E-state index in [4.69, 9.17) is 0 Å². The van der Waals surface area contributed by atoms with Crippen molar-refractivity contribution in [2.45, 2.75) is 32.0 Å². The van der Waals surface area contributed by atoms with E-state index in [0.29, 0.717) is 17.5 Å². The van der Waals surface area contributed by atoms with E-state index in [1.807, 2.05) is 6.92 Å². The Balaban J connectivity index is 1.99. The van der Waals surface area contributed by atoms with Gasteiger partial charge in [0, 0.05) is 24.1 Å². The lowest BCUT2D eigenvalue weighted by molar-refractivity contribution is -0.137. The van der Waals surface area contributed by atoms with Gasteiger partial charge in [0.1, 0.15) is 18.5 Å². The van der Waals surface area contributed by atoms with Crippen LogP contribution >= 0.6 is 7.14 Å². The molecule has 2 aromatic rings. The quantitative estimate of drug-likeness (QED) is 0.627. The summed E-state index contributed by atoms with van der Waals surface area (Å²) in [4.78, 5) is 7.98. The molecule has 0 aliphatic carbocycles. The number of piperidine rings is 1. The van der Waals surface area contributed by atoms with Crippen LogP contribution in [0.5, 0.6) is 0 Å². The first-order valence-electron chi connectivity index (χ1n) is 9.39. The summed E-state index contributed by atoms with van der Waals surface area (Å²) in [5.41, 5.74) is 0.214. The summed E-state index contributed by atoms with van der Waals surface area (Å²) in [5.74, 6) is -0.237. The van der Waals surface area contributed by atoms with Gasteiger partial charge in [-0.1, -0.05) is 6.07 Å². The Labute approximate surface area is 168 Å². The second-order valence-electron chi connectivity index (χ2n) is 7.64. The molecule has 1 fully saturated rings. The maximum atomic E-state index is 13.5. The van der Waals surface area contributed by atoms with Gasteiger partial charge >= 0.3 is 6.18 Å². The first-order valence-corrected chi connectivity index (χ1v) is 12.0. The number of anilines is 3. The fraction of sp³-hybridized carbons (Fsp3) is 0.474. The Morgan fingerprint density at radius 3 is 2.66 bits per heavy atom. The van der Waals surface area contributed by atoms with Gasteiger partial charge in [-0.05, 0) is 57.3 Å². The molecule has 158 valence electrons. The van der Waals surface area contributed by atoms with Gasteiger partial charge < -0.3 is 20.5 Å². The van der Waals surface area contributed by atoms with Crippen LogP contribution in [-0.2, 0) is 10.7 Å². The van der Waals surface area contributed by atoms with Crippen molar-refractivity contribution in [2.75, 3.05) is 37.1 Å². The fourth-order valence-electron chi connectivity index (χ4n) is 3.26. The summed E-state index contributed by atoms with van der Waals surface area (Å²) in [5, 5.41) is 9.57. The molecule has 1 saturated heterocycles. The van der Waals surface area contributed by atoms with Crippen LogP contribution in [0.4, 0.5) is 30.6 Å². The summed E-state index contributed by atoms with van der Waals surface area (Å²) in [6, 6.07) is 5.19. The van der Waals surface area contributed by atoms with E-state index in [1.54, 1.807) is 31.5 Å². The third-order valence-electron chi connectivity index (χ3n) is 4.71. The third kappa shape index (κ3) is 5.48. The van der Waals surface area contributed by atoms with Crippen LogP contribution < -0.4 is 21.3 Å². The van der Waals surface area contributed by atoms with Gasteiger partial charge in [-0.2, -0.15) is 18.2 Å². The standard InChI is InChI=1S/C19H25F3N5OP/c1-12-6-7-16(29(2,3)28)15(9-12)26-17-14(19(20,21)22)11-24-18(27-17)25-13-5-4-8-23-10-13/h6-7,9,11,13,23H,4-5,8,10H2,1-3H3,(H2,24,25,26,27)/t13-/m0/s1. The van der Waals surface area contributed by atoms with Crippen molar-refractivity contribution in [1.29, 1.82) is 0 Å². The van der Waals surface area contributed by atoms with Crippen LogP contribution in [0.1, 0.15) is 24.0 Å². The highest BCUT2D eigenvalue weighted by atomic mass is 31.2. The Hall–Kier alpha value is -2.12. The number of rotatable bonds is 5. The fourth-order valence-corrected chi connectivity index (χ4v) is 4.39. The van der Waals surface area contributed by atoms with Crippen molar-refractivity contribution in [2.24, 2.45) is 0 Å². The lowest BCUT2D eigenvalue weighted by Gasteiger charge is -2.24. The number of hydrogen-bond donors (Lipinski definition) is 3. The molecule has 1 aliphatic heterocycles. The van der Waals surface area contributed by atoms with Crippen molar-refractivity contribution < 1.29 is 17.7 Å². The van der Waals surface area contributed by atoms with E-state index in [-0.39, 0.29) is 17.8 Å². The molecule has 0 amide bonds. The Kier molecular flexibility index (Phi) is 6.19. The molecule has 0 radical (unpaired) electrons. The van der Waals surface area contributed by atoms with Crippen LogP contribution in [0, 0.1) is 6.92 Å². The number of nitrogens with zero attached hydrogens (tertiary/aromatic N) is 2. The summed E-state index contributed by atoms with van der Waals surface area (Å²) in [6.07, 6.45) is -1.99. The van der Waals surface area contributed by atoms with Crippen LogP contribution in [0.25, 0.3) is 0 Å². The molecular formula is C19H25F3N5OP. The summed E-state index contributed by atoms with van der Waals surface area (Å²) < 4.78 is 53.3. The molecule has 3 N–H and O–H groups in total. The average Bonchev–Trinajstić information content (AvgIpc) is 2.61. The SMILES string of the molecule is Cc1ccc(P(C)(C)=O)c(Nc2nc(N[C@H]3CCCNC3)ncc2C(F)(F)F)c1. The van der Waals surface area contributed by atoms with E-state index >= 15 is 0 Å². The van der Waals surface area contributed by atoms with E-state index in [9.17, 15) is 17.7 Å². The normalized spacial score (nSPS) is 17.8. The minimum atomic E-state index is -4.63. The van der Waals surface area contributed by atoms with Crippen LogP contribution in [0.15, 0.2) is 24.4 Å². The van der Waals surface area contributed by atoms with Crippen molar-refractivity contribution in [3.63, 3.8) is 0 Å². The number of alkyl halides is 3. The number of nitrogens with one attached hydrogen (secondary N) is 3. The highest BCUT2D eigenvalue weighted by Gasteiger charge is 2.36. The maximum absolute atomic E-state index is 13.5. The highest BCUT2D eigenvalue weighted by molar-refractivity contribution is 7.70. The Bertz CT molecular complexity index is 923. The molecule has 0 saturated carbocycles. The number of benzene rings is 1. The topological polar surface area (TPSA) is 78.9 Å². The minimum absolute atomic E-state index is 0.0503. The molecule has 0 unspecified atom stereocenters. The average molecular weight is 427 g/mol. The molecule has 3 rings (SSSR count). The van der Waals surface area contributed by atoms with Crippen LogP contribution in [0.3, 0.4) is 0 Å². The number of halogens is 3. The van der Waals surface area contributed by atoms with Gasteiger partial charge in [0.25, 0.3) is 0 Å². The van der Waals surface area contributed by atoms with Gasteiger partial charge in [0.2, 0.25) is 5.95 Å². The van der Waals surface area contributed by atoms with E-state index in [2.05, 4.69) is 25.9 Å². The second-order valence-corrected chi connectivity index (χ2v) is 10.8. The lowest BCUT2D eigenvalue weighted by atomic mass is 10.1. The second kappa shape index (κ2) is 8.32. The molecule has 1 atom stereocenters. The van der Waals surface area contributed by atoms with Crippen molar-refractivity contribution in [3.05, 3.63) is 35.5 Å². The number of aryl methyl sites for hydroxylation is 1. The zero-order chi connectivity index (χ0) is 21.2. The van der Waals surface area contributed by atoms with Crippen molar-refractivity contribution in [3.8, 4) is 0 Å². The van der Waals surface area contributed by atoms with Crippen LogP contribution in [-0.4, -0.2) is 42.4 Å². The number of aromatic nitrogens is 2. The molecule has 1 aromatic carbocycles. The van der Waals surface area contributed by atoms with Gasteiger partial charge in [0.05, 0.1) is 5.69 Å². The highest BCUT2D eigenvalue weighted by Crippen LogP contribution is 2.40. The van der Waals surface area contributed by atoms with Crippen LogP contribution in [0.2, 0.25) is 0 Å². The van der Waals surface area contributed by atoms with Gasteiger partial charge in [0.15, 0.2) is 0 Å². The predicted octanol–water partition coefficient (Wildman–Crippen LogP) is 3.96. The van der Waals surface area contributed by atoms with Crippen molar-refractivity contribution in [1.82, 2.24) is 15.3 Å². The monoisotopic (exact) mass is 427 g/mol. The zero-order valence-electron chi connectivity index (χ0n) is 16.6. The van der Waals surface area contributed by atoms with E-state index in [0.717, 1.165) is 31.1 Å². The molecule has 10 heteroatoms. The Morgan fingerprint density at radius 1 is 1.28 bits per heavy atom. The number of hydrogen-bond acceptors (Lipinski definition) is 6. The summed E-state index contributed by atoms with van der Waals surface area (Å²) in [7, 11) is -2.72. The molecule has 0 bridgehead atoms. The molecule has 29 heavy (non-hydrogen) atoms. The smallest absolute Gasteiger partial charge is 0.350 e. The maximum Gasteiger partial charge on any atom is 0.421 e. The molecule has 2 heterocycles. The first-order chi connectivity index (χ1) is 13.5. The molecule has 1 aliphatic rings. The van der Waals surface area contributed by atoms with E-state index in [1.165, 1.54) is 0 Å². The van der Waals surface area contributed by atoms with E-state index < -0.39 is 18.9 Å².